The highest BCUT2D eigenvalue weighted by Crippen LogP contribution is 2.43. The van der Waals surface area contributed by atoms with E-state index in [2.05, 4.69) is 30.9 Å². The van der Waals surface area contributed by atoms with Gasteiger partial charge >= 0.3 is 12.2 Å². The van der Waals surface area contributed by atoms with E-state index in [1.165, 1.54) is 7.11 Å². The van der Waals surface area contributed by atoms with E-state index in [1.807, 2.05) is 54.7 Å². The molecule has 1 fully saturated rings. The van der Waals surface area contributed by atoms with Crippen molar-refractivity contribution in [1.29, 1.82) is 0 Å². The highest BCUT2D eigenvalue weighted by Gasteiger charge is 2.50. The molecule has 0 saturated carbocycles. The van der Waals surface area contributed by atoms with Crippen molar-refractivity contribution >= 4 is 29.6 Å². The van der Waals surface area contributed by atoms with Gasteiger partial charge in [-0.05, 0) is 61.9 Å². The van der Waals surface area contributed by atoms with Crippen LogP contribution in [-0.4, -0.2) is 78.6 Å². The summed E-state index contributed by atoms with van der Waals surface area (Å²) >= 11 is 6.52. The van der Waals surface area contributed by atoms with E-state index in [1.54, 1.807) is 27.0 Å². The molecular formula is C41H42ClF2N7O5. The van der Waals surface area contributed by atoms with Crippen LogP contribution < -0.4 is 5.32 Å². The zero-order valence-electron chi connectivity index (χ0n) is 31.4. The Morgan fingerprint density at radius 2 is 1.66 bits per heavy atom. The number of aromatic amines is 2. The second kappa shape index (κ2) is 14.2. The Balaban J connectivity index is 0.960. The molecule has 0 radical (unpaired) electrons. The number of hydrogen-bond donors (Lipinski definition) is 3. The third-order valence-electron chi connectivity index (χ3n) is 10.8. The molecule has 56 heavy (non-hydrogen) atoms. The first-order valence-corrected chi connectivity index (χ1v) is 19.0. The highest BCUT2D eigenvalue weighted by atomic mass is 35.5. The quantitative estimate of drug-likeness (QED) is 0.157. The molecule has 3 aromatic heterocycles. The normalized spacial score (nSPS) is 21.7. The number of rotatable bonds is 6. The predicted octanol–water partition coefficient (Wildman–Crippen LogP) is 8.42. The number of halogens is 3. The molecule has 1 aliphatic carbocycles. The van der Waals surface area contributed by atoms with Gasteiger partial charge in [-0.1, -0.05) is 60.1 Å². The van der Waals surface area contributed by atoms with Crippen LogP contribution >= 0.6 is 11.6 Å². The predicted molar refractivity (Wildman–Crippen MR) is 204 cm³/mol. The number of aryl methyl sites for hydroxylation is 1. The SMILES string of the molecule is COC(=O)N[C@H]1CCc2ccn3c2C1C(=O)C[C@H](c1ncc(-c2ccc(-c4ccc(-c5[nH]c([C@@H]6CC(F)(F)CN6C(=O)OC(C)(C)C)nc5Cl)cc4)cc2)[nH]1)C3. The molecule has 3 N–H and O–H groups in total. The fourth-order valence-corrected chi connectivity index (χ4v) is 8.45. The van der Waals surface area contributed by atoms with Crippen molar-refractivity contribution in [2.45, 2.75) is 88.4 Å². The smallest absolute Gasteiger partial charge is 0.411 e. The van der Waals surface area contributed by atoms with E-state index in [0.29, 0.717) is 30.6 Å². The molecule has 12 nitrogen and oxygen atoms in total. The molecule has 0 spiro atoms. The molecule has 5 heterocycles. The number of amides is 2. The lowest BCUT2D eigenvalue weighted by Crippen LogP contribution is -2.44. The second-order valence-electron chi connectivity index (χ2n) is 15.8. The van der Waals surface area contributed by atoms with Gasteiger partial charge in [0, 0.05) is 48.8 Å². The van der Waals surface area contributed by atoms with Gasteiger partial charge in [0.15, 0.2) is 5.15 Å². The molecule has 4 atom stereocenters. The third kappa shape index (κ3) is 7.29. The Morgan fingerprint density at radius 3 is 2.34 bits per heavy atom. The number of hydrogen-bond acceptors (Lipinski definition) is 7. The van der Waals surface area contributed by atoms with Crippen molar-refractivity contribution < 1.29 is 32.6 Å². The van der Waals surface area contributed by atoms with Crippen molar-refractivity contribution in [3.05, 3.63) is 95.1 Å². The first-order valence-electron chi connectivity index (χ1n) is 18.6. The van der Waals surface area contributed by atoms with Crippen molar-refractivity contribution in [3.8, 4) is 33.6 Å². The Hall–Kier alpha value is -5.50. The van der Waals surface area contributed by atoms with Gasteiger partial charge in [0.2, 0.25) is 0 Å². The van der Waals surface area contributed by atoms with Gasteiger partial charge in [-0.25, -0.2) is 28.3 Å². The average molecular weight is 786 g/mol. The molecule has 2 amide bonds. The molecule has 1 unspecified atom stereocenters. The fourth-order valence-electron chi connectivity index (χ4n) is 8.20. The number of likely N-dealkylation sites (tertiary alicyclic amines) is 1. The fraction of sp³-hybridized carbons (Fsp3) is 0.390. The van der Waals surface area contributed by atoms with Crippen LogP contribution in [0.5, 0.6) is 0 Å². The molecule has 1 saturated heterocycles. The summed E-state index contributed by atoms with van der Waals surface area (Å²) < 4.78 is 41.5. The van der Waals surface area contributed by atoms with Gasteiger partial charge in [0.1, 0.15) is 23.0 Å². The Kier molecular flexibility index (Phi) is 9.50. The standard InChI is InChI=1S/C41H42ClF2N7O5/c1-40(2,3)56-39(54)51-21-41(43,44)18-30(51)37-48-33(35(42)49-37)25-11-7-23(8-12-25)22-5-9-24(10-6-22)29-19-45-36(46-29)27-17-31(52)32-28(47-38(53)55-4)14-13-26-15-16-50(20-27)34(26)32/h5-12,15-16,19,27-28,30,32H,13-14,17-18,20-21H2,1-4H3,(H,45,46)(H,47,53)(H,48,49)/t27-,28-,30-,32?/m0/s1. The summed E-state index contributed by atoms with van der Waals surface area (Å²) in [5, 5.41) is 3.00. The van der Waals surface area contributed by atoms with Crippen molar-refractivity contribution in [1.82, 2.24) is 34.7 Å². The topological polar surface area (TPSA) is 147 Å². The summed E-state index contributed by atoms with van der Waals surface area (Å²) in [5.41, 5.74) is 6.10. The van der Waals surface area contributed by atoms with Crippen molar-refractivity contribution in [2.75, 3.05) is 13.7 Å². The molecule has 3 aliphatic rings. The van der Waals surface area contributed by atoms with Crippen LogP contribution in [0.15, 0.2) is 67.0 Å². The first-order chi connectivity index (χ1) is 26.7. The van der Waals surface area contributed by atoms with E-state index in [9.17, 15) is 23.2 Å². The number of carbonyl (C=O) groups excluding carboxylic acids is 3. The van der Waals surface area contributed by atoms with Crippen LogP contribution in [0.25, 0.3) is 33.6 Å². The highest BCUT2D eigenvalue weighted by molar-refractivity contribution is 6.31. The minimum Gasteiger partial charge on any atom is -0.453 e. The maximum absolute atomic E-state index is 14.6. The lowest BCUT2D eigenvalue weighted by atomic mass is 9.79. The van der Waals surface area contributed by atoms with Crippen LogP contribution in [0, 0.1) is 0 Å². The first kappa shape index (κ1) is 37.4. The van der Waals surface area contributed by atoms with Crippen LogP contribution in [0.2, 0.25) is 5.15 Å². The number of ether oxygens (including phenoxy) is 2. The number of Topliss-reactive ketones (excluding diaryl/α,β-unsaturated/α-hetero) is 1. The lowest BCUT2D eigenvalue weighted by molar-refractivity contribution is -0.121. The molecule has 5 aromatic rings. The zero-order valence-corrected chi connectivity index (χ0v) is 32.1. The number of alkyl carbamates (subject to hydrolysis) is 1. The van der Waals surface area contributed by atoms with E-state index in [0.717, 1.165) is 50.8 Å². The molecule has 8 rings (SSSR count). The largest absolute Gasteiger partial charge is 0.453 e. The number of carbonyl (C=O) groups is 3. The number of aromatic nitrogens is 5. The van der Waals surface area contributed by atoms with Crippen molar-refractivity contribution in [3.63, 3.8) is 0 Å². The third-order valence-corrected chi connectivity index (χ3v) is 11.1. The number of nitrogens with one attached hydrogen (secondary N) is 3. The molecule has 292 valence electrons. The monoisotopic (exact) mass is 785 g/mol. The van der Waals surface area contributed by atoms with Gasteiger partial charge in [-0.15, -0.1) is 0 Å². The summed E-state index contributed by atoms with van der Waals surface area (Å²) in [7, 11) is 1.32. The number of imidazole rings is 2. The molecular weight excluding hydrogens is 744 g/mol. The summed E-state index contributed by atoms with van der Waals surface area (Å²) in [4.78, 5) is 55.3. The van der Waals surface area contributed by atoms with Gasteiger partial charge in [0.05, 0.1) is 43.2 Å². The van der Waals surface area contributed by atoms with Gasteiger partial charge < -0.3 is 29.3 Å². The molecule has 15 heteroatoms. The number of nitrogens with zero attached hydrogens (tertiary/aromatic N) is 4. The minimum absolute atomic E-state index is 0.0710. The van der Waals surface area contributed by atoms with Gasteiger partial charge in [0.25, 0.3) is 5.92 Å². The van der Waals surface area contributed by atoms with Crippen LogP contribution in [-0.2, 0) is 27.2 Å². The summed E-state index contributed by atoms with van der Waals surface area (Å²) in [6, 6.07) is 16.4. The Labute approximate surface area is 327 Å². The molecule has 2 aromatic carbocycles. The van der Waals surface area contributed by atoms with Crippen molar-refractivity contribution in [2.24, 2.45) is 0 Å². The average Bonchev–Trinajstić information content (AvgIpc) is 3.94. The van der Waals surface area contributed by atoms with Crippen LogP contribution in [0.4, 0.5) is 18.4 Å². The molecule has 0 bridgehead atoms. The number of methoxy groups -OCH3 is 1. The Bertz CT molecular complexity index is 2290. The van der Waals surface area contributed by atoms with Crippen LogP contribution in [0.1, 0.15) is 80.8 Å². The maximum atomic E-state index is 14.6. The molecule has 2 aliphatic heterocycles. The van der Waals surface area contributed by atoms with Crippen LogP contribution in [0.3, 0.4) is 0 Å². The van der Waals surface area contributed by atoms with E-state index < -0.39 is 48.6 Å². The number of ketones is 1. The summed E-state index contributed by atoms with van der Waals surface area (Å²) in [6.07, 6.45) is 3.58. The van der Waals surface area contributed by atoms with Gasteiger partial charge in [-0.3, -0.25) is 9.69 Å². The number of H-pyrrole nitrogens is 2. The second-order valence-corrected chi connectivity index (χ2v) is 16.2. The number of alkyl halides is 2. The van der Waals surface area contributed by atoms with E-state index >= 15 is 0 Å². The van der Waals surface area contributed by atoms with E-state index in [-0.39, 0.29) is 28.7 Å². The number of benzene rings is 2. The maximum Gasteiger partial charge on any atom is 0.411 e. The summed E-state index contributed by atoms with van der Waals surface area (Å²) in [5.74, 6) is -2.74. The minimum atomic E-state index is -3.10. The van der Waals surface area contributed by atoms with Gasteiger partial charge in [-0.2, -0.15) is 0 Å². The van der Waals surface area contributed by atoms with E-state index in [4.69, 9.17) is 26.1 Å². The Morgan fingerprint density at radius 1 is 0.982 bits per heavy atom. The lowest BCUT2D eigenvalue weighted by Gasteiger charge is -2.31. The zero-order chi connectivity index (χ0) is 39.5. The summed E-state index contributed by atoms with van der Waals surface area (Å²) in [6.45, 7) is 4.86.